The van der Waals surface area contributed by atoms with E-state index in [0.29, 0.717) is 26.4 Å². The molecule has 3 N–H and O–H groups in total. The summed E-state index contributed by atoms with van der Waals surface area (Å²) in [4.78, 5) is 29.0. The summed E-state index contributed by atoms with van der Waals surface area (Å²) in [5, 5.41) is 6.92. The lowest BCUT2D eigenvalue weighted by molar-refractivity contribution is -0.122. The Morgan fingerprint density at radius 3 is 1.78 bits per heavy atom. The van der Waals surface area contributed by atoms with E-state index < -0.39 is 0 Å². The molecule has 0 saturated carbocycles. The lowest BCUT2D eigenvalue weighted by Gasteiger charge is -2.19. The average molecular weight is 818 g/mol. The lowest BCUT2D eigenvalue weighted by Crippen LogP contribution is -2.38. The third kappa shape index (κ3) is 25.1. The number of rotatable bonds is 39. The van der Waals surface area contributed by atoms with E-state index in [2.05, 4.69) is 29.5 Å². The highest BCUT2D eigenvalue weighted by Crippen LogP contribution is 2.25. The van der Waals surface area contributed by atoms with Gasteiger partial charge >= 0.3 is 0 Å². The fraction of sp³-hybridized carbons (Fsp3) is 0.686. The summed E-state index contributed by atoms with van der Waals surface area (Å²) in [5.41, 5.74) is 2.94. The zero-order valence-corrected chi connectivity index (χ0v) is 37.4. The number of fused-ring (bicyclic) bond motifs is 1. The number of carbonyl (C=O) groups excluding carboxylic acids is 2. The molecule has 8 nitrogen and oxygen atoms in total. The Morgan fingerprint density at radius 1 is 0.627 bits per heavy atom. The molecule has 0 aliphatic rings. The van der Waals surface area contributed by atoms with Crippen molar-refractivity contribution >= 4 is 22.7 Å². The molecular formula is C51H83N3O5. The van der Waals surface area contributed by atoms with Crippen LogP contribution in [0.25, 0.3) is 10.9 Å². The Balaban J connectivity index is 1.31. The highest BCUT2D eigenvalue weighted by molar-refractivity contribution is 5.90. The smallest absolute Gasteiger partial charge is 0.224 e. The molecule has 3 rings (SSSR count). The number of hydrogen-bond acceptors (Lipinski definition) is 5. The first-order chi connectivity index (χ1) is 29.1. The van der Waals surface area contributed by atoms with Crippen LogP contribution in [0.3, 0.4) is 0 Å². The van der Waals surface area contributed by atoms with Crippen LogP contribution in [0.4, 0.5) is 0 Å². The first-order valence-corrected chi connectivity index (χ1v) is 24.1. The van der Waals surface area contributed by atoms with Gasteiger partial charge in [-0.3, -0.25) is 9.59 Å². The predicted molar refractivity (Wildman–Crippen MR) is 246 cm³/mol. The minimum Gasteiger partial charge on any atom is -0.489 e. The number of ether oxygens (including phenoxy) is 3. The number of aromatic nitrogens is 1. The van der Waals surface area contributed by atoms with Gasteiger partial charge in [-0.15, -0.1) is 0 Å². The largest absolute Gasteiger partial charge is 0.489 e. The second-order valence-corrected chi connectivity index (χ2v) is 16.7. The number of unbranched alkanes of at least 4 members (excludes halogenated alkanes) is 22. The van der Waals surface area contributed by atoms with E-state index in [9.17, 15) is 9.59 Å². The lowest BCUT2D eigenvalue weighted by atomic mass is 10.1. The number of carbonyl (C=O) groups is 2. The molecule has 332 valence electrons. The van der Waals surface area contributed by atoms with Crippen molar-refractivity contribution in [2.24, 2.45) is 0 Å². The van der Waals surface area contributed by atoms with Crippen LogP contribution >= 0.6 is 0 Å². The number of nitrogens with one attached hydrogen (secondary N) is 3. The van der Waals surface area contributed by atoms with Crippen LogP contribution < -0.4 is 15.4 Å². The highest BCUT2D eigenvalue weighted by atomic mass is 16.5. The quantitative estimate of drug-likeness (QED) is 0.0498. The van der Waals surface area contributed by atoms with Gasteiger partial charge in [0, 0.05) is 49.8 Å². The molecule has 8 heteroatoms. The normalized spacial score (nSPS) is 11.9. The monoisotopic (exact) mass is 818 g/mol. The van der Waals surface area contributed by atoms with Crippen LogP contribution in [0.5, 0.6) is 5.75 Å². The van der Waals surface area contributed by atoms with Gasteiger partial charge in [0.1, 0.15) is 12.4 Å². The van der Waals surface area contributed by atoms with Gasteiger partial charge in [-0.25, -0.2) is 0 Å². The van der Waals surface area contributed by atoms with E-state index in [1.165, 1.54) is 141 Å². The summed E-state index contributed by atoms with van der Waals surface area (Å²) in [6, 6.07) is 15.9. The summed E-state index contributed by atoms with van der Waals surface area (Å²) in [6.07, 6.45) is 33.7. The minimum atomic E-state index is -0.179. The fourth-order valence-electron chi connectivity index (χ4n) is 7.62. The van der Waals surface area contributed by atoms with Crippen molar-refractivity contribution in [2.45, 2.75) is 193 Å². The molecule has 0 saturated heterocycles. The van der Waals surface area contributed by atoms with Gasteiger partial charge < -0.3 is 29.8 Å². The van der Waals surface area contributed by atoms with Crippen LogP contribution in [-0.4, -0.2) is 55.8 Å². The fourth-order valence-corrected chi connectivity index (χ4v) is 7.62. The molecule has 59 heavy (non-hydrogen) atoms. The second kappa shape index (κ2) is 34.4. The van der Waals surface area contributed by atoms with E-state index in [4.69, 9.17) is 14.2 Å². The van der Waals surface area contributed by atoms with Gasteiger partial charge in [0.15, 0.2) is 0 Å². The Morgan fingerprint density at radius 2 is 1.19 bits per heavy atom. The van der Waals surface area contributed by atoms with E-state index in [-0.39, 0.29) is 37.3 Å². The number of amides is 2. The molecule has 3 aromatic rings. The van der Waals surface area contributed by atoms with E-state index in [1.807, 2.05) is 54.7 Å². The Labute approximate surface area is 359 Å². The summed E-state index contributed by atoms with van der Waals surface area (Å²) in [7, 11) is 0. The Bertz CT molecular complexity index is 1460. The molecular weight excluding hydrogens is 735 g/mol. The molecule has 0 aliphatic carbocycles. The molecule has 0 spiro atoms. The molecule has 1 heterocycles. The third-order valence-corrected chi connectivity index (χ3v) is 11.3. The molecule has 1 aromatic heterocycles. The van der Waals surface area contributed by atoms with Crippen molar-refractivity contribution in [2.75, 3.05) is 32.9 Å². The zero-order valence-electron chi connectivity index (χ0n) is 37.4. The molecule has 2 amide bonds. The van der Waals surface area contributed by atoms with Gasteiger partial charge in [-0.2, -0.15) is 0 Å². The standard InChI is InChI=1S/C51H83N3O5/c1-3-5-7-9-11-13-15-17-19-21-23-28-36-57-43-47(58-37-29-24-22-20-18-16-14-12-10-8-6-4-2)41-54-50(55)34-35-52-51(56)38-45-40-53-49-33-32-46(39-48(45)49)59-42-44-30-26-25-27-31-44/h25-27,30-33,39-40,47,53H,3-24,28-29,34-38,41-43H2,1-2H3,(H,52,56)(H,54,55). The predicted octanol–water partition coefficient (Wildman–Crippen LogP) is 12.7. The van der Waals surface area contributed by atoms with Crippen molar-refractivity contribution in [3.8, 4) is 5.75 Å². The summed E-state index contributed by atoms with van der Waals surface area (Å²) in [6.45, 7) is 7.62. The van der Waals surface area contributed by atoms with Gasteiger partial charge in [0.05, 0.1) is 19.1 Å². The van der Waals surface area contributed by atoms with E-state index in [1.54, 1.807) is 0 Å². The zero-order chi connectivity index (χ0) is 41.9. The van der Waals surface area contributed by atoms with Crippen LogP contribution in [0.2, 0.25) is 0 Å². The number of benzene rings is 2. The number of H-pyrrole nitrogens is 1. The average Bonchev–Trinajstić information content (AvgIpc) is 3.65. The summed E-state index contributed by atoms with van der Waals surface area (Å²) >= 11 is 0. The third-order valence-electron chi connectivity index (χ3n) is 11.3. The van der Waals surface area contributed by atoms with Crippen molar-refractivity contribution in [3.63, 3.8) is 0 Å². The Hall–Kier alpha value is -3.36. The minimum absolute atomic E-state index is 0.0995. The van der Waals surface area contributed by atoms with Crippen molar-refractivity contribution in [3.05, 3.63) is 65.9 Å². The van der Waals surface area contributed by atoms with Crippen LogP contribution in [-0.2, 0) is 32.1 Å². The second-order valence-electron chi connectivity index (χ2n) is 16.7. The van der Waals surface area contributed by atoms with Crippen LogP contribution in [0, 0.1) is 0 Å². The van der Waals surface area contributed by atoms with Gasteiger partial charge in [0.2, 0.25) is 11.8 Å². The van der Waals surface area contributed by atoms with Crippen molar-refractivity contribution < 1.29 is 23.8 Å². The maximum absolute atomic E-state index is 12.9. The van der Waals surface area contributed by atoms with Gasteiger partial charge in [-0.05, 0) is 42.2 Å². The molecule has 2 aromatic carbocycles. The van der Waals surface area contributed by atoms with Crippen LogP contribution in [0.15, 0.2) is 54.7 Å². The maximum Gasteiger partial charge on any atom is 0.224 e. The topological polar surface area (TPSA) is 102 Å². The van der Waals surface area contributed by atoms with Crippen molar-refractivity contribution in [1.29, 1.82) is 0 Å². The number of aromatic amines is 1. The van der Waals surface area contributed by atoms with Gasteiger partial charge in [-0.1, -0.05) is 185 Å². The summed E-state index contributed by atoms with van der Waals surface area (Å²) < 4.78 is 18.3. The van der Waals surface area contributed by atoms with E-state index >= 15 is 0 Å². The summed E-state index contributed by atoms with van der Waals surface area (Å²) in [5.74, 6) is 0.534. The van der Waals surface area contributed by atoms with E-state index in [0.717, 1.165) is 47.2 Å². The number of hydrogen-bond donors (Lipinski definition) is 3. The molecule has 1 atom stereocenters. The SMILES string of the molecule is CCCCCCCCCCCCCCOCC(CNC(=O)CCNC(=O)Cc1c[nH]c2ccc(OCc3ccccc3)cc12)OCCCCCCCCCCCCCC. The Kier molecular flexibility index (Phi) is 29.1. The highest BCUT2D eigenvalue weighted by Gasteiger charge is 2.14. The van der Waals surface area contributed by atoms with Crippen LogP contribution in [0.1, 0.15) is 185 Å². The molecule has 1 unspecified atom stereocenters. The maximum atomic E-state index is 12.9. The molecule has 0 bridgehead atoms. The van der Waals surface area contributed by atoms with Crippen molar-refractivity contribution in [1.82, 2.24) is 15.6 Å². The molecule has 0 aliphatic heterocycles. The first-order valence-electron chi connectivity index (χ1n) is 24.1. The van der Waals surface area contributed by atoms with Gasteiger partial charge in [0.25, 0.3) is 0 Å². The first kappa shape index (κ1) is 50.0. The molecule has 0 fully saturated rings. The molecule has 0 radical (unpaired) electrons.